The first-order chi connectivity index (χ1) is 14.6. The van der Waals surface area contributed by atoms with E-state index in [1.165, 1.54) is 0 Å². The van der Waals surface area contributed by atoms with Crippen molar-refractivity contribution in [2.75, 3.05) is 45.3 Å². The molecule has 1 aliphatic rings. The van der Waals surface area contributed by atoms with Crippen LogP contribution in [0.15, 0.2) is 60.9 Å². The number of carbonyl (C=O) groups is 1. The zero-order valence-corrected chi connectivity index (χ0v) is 17.8. The van der Waals surface area contributed by atoms with Crippen molar-refractivity contribution >= 4 is 23.2 Å². The molecule has 1 aromatic heterocycles. The molecule has 0 unspecified atom stereocenters. The molecule has 7 heteroatoms. The Bertz CT molecular complexity index is 1030. The van der Waals surface area contributed by atoms with E-state index in [0.717, 1.165) is 30.2 Å². The summed E-state index contributed by atoms with van der Waals surface area (Å²) in [5.41, 5.74) is 2.35. The van der Waals surface area contributed by atoms with Crippen LogP contribution >= 0.6 is 11.6 Å². The molecule has 0 spiro atoms. The Kier molecular flexibility index (Phi) is 5.86. The van der Waals surface area contributed by atoms with Gasteiger partial charge in [-0.05, 0) is 30.3 Å². The fourth-order valence-electron chi connectivity index (χ4n) is 3.72. The van der Waals surface area contributed by atoms with Crippen LogP contribution in [0.25, 0.3) is 5.69 Å². The zero-order valence-electron chi connectivity index (χ0n) is 17.0. The Hall–Kier alpha value is -3.12. The van der Waals surface area contributed by atoms with Gasteiger partial charge in [0.2, 0.25) is 0 Å². The van der Waals surface area contributed by atoms with Crippen LogP contribution in [0.4, 0.5) is 5.69 Å². The summed E-state index contributed by atoms with van der Waals surface area (Å²) < 4.78 is 12.7. The van der Waals surface area contributed by atoms with E-state index < -0.39 is 0 Å². The molecule has 1 aliphatic heterocycles. The molecule has 2 aromatic carbocycles. The Morgan fingerprint density at radius 2 is 1.67 bits per heavy atom. The maximum atomic E-state index is 13.2. The number of hydrogen-bond donors (Lipinski definition) is 0. The minimum absolute atomic E-state index is 0.0712. The molecule has 0 N–H and O–H groups in total. The van der Waals surface area contributed by atoms with Crippen LogP contribution in [0.5, 0.6) is 11.5 Å². The minimum Gasteiger partial charge on any atom is -0.497 e. The Labute approximate surface area is 181 Å². The highest BCUT2D eigenvalue weighted by Gasteiger charge is 2.26. The molecule has 3 aromatic rings. The molecule has 0 atom stereocenters. The maximum absolute atomic E-state index is 13.2. The number of amides is 1. The summed E-state index contributed by atoms with van der Waals surface area (Å²) in [6, 6.07) is 15.3. The van der Waals surface area contributed by atoms with Crippen LogP contribution in [0, 0.1) is 0 Å². The fraction of sp³-hybridized carbons (Fsp3) is 0.261. The normalized spacial score (nSPS) is 14.0. The summed E-state index contributed by atoms with van der Waals surface area (Å²) in [7, 11) is 3.23. The number of aromatic nitrogens is 1. The van der Waals surface area contributed by atoms with E-state index in [2.05, 4.69) is 11.0 Å². The second kappa shape index (κ2) is 8.71. The van der Waals surface area contributed by atoms with Gasteiger partial charge in [-0.3, -0.25) is 4.79 Å². The summed E-state index contributed by atoms with van der Waals surface area (Å²) in [6.07, 6.45) is 3.81. The topological polar surface area (TPSA) is 46.9 Å². The molecule has 1 amide bonds. The minimum atomic E-state index is -0.0712. The first-order valence-corrected chi connectivity index (χ1v) is 10.2. The molecule has 156 valence electrons. The standard InChI is InChI=1S/C23H24ClN3O3/c1-29-18-7-5-6-17(14-18)25-10-12-27(13-11-25)23(28)19-15-20(24)21(16-22(19)30-2)26-8-3-4-9-26/h3-9,14-16H,10-13H2,1-2H3. The second-order valence-electron chi connectivity index (χ2n) is 7.07. The van der Waals surface area contributed by atoms with Crippen molar-refractivity contribution in [3.8, 4) is 17.2 Å². The summed E-state index contributed by atoms with van der Waals surface area (Å²) >= 11 is 6.50. The van der Waals surface area contributed by atoms with Gasteiger partial charge in [-0.15, -0.1) is 0 Å². The summed E-state index contributed by atoms with van der Waals surface area (Å²) in [5.74, 6) is 1.27. The van der Waals surface area contributed by atoms with Crippen molar-refractivity contribution < 1.29 is 14.3 Å². The SMILES string of the molecule is COc1cccc(N2CCN(C(=O)c3cc(Cl)c(-n4cccc4)cc3OC)CC2)c1. The summed E-state index contributed by atoms with van der Waals surface area (Å²) in [6.45, 7) is 2.74. The molecule has 2 heterocycles. The van der Waals surface area contributed by atoms with E-state index in [1.54, 1.807) is 20.3 Å². The molecular formula is C23H24ClN3O3. The van der Waals surface area contributed by atoms with Crippen LogP contribution in [0.2, 0.25) is 5.02 Å². The van der Waals surface area contributed by atoms with Gasteiger partial charge < -0.3 is 23.8 Å². The highest BCUT2D eigenvalue weighted by molar-refractivity contribution is 6.33. The molecule has 30 heavy (non-hydrogen) atoms. The first-order valence-electron chi connectivity index (χ1n) is 9.80. The van der Waals surface area contributed by atoms with E-state index in [4.69, 9.17) is 21.1 Å². The van der Waals surface area contributed by atoms with E-state index in [9.17, 15) is 4.79 Å². The lowest BCUT2D eigenvalue weighted by Crippen LogP contribution is -2.48. The van der Waals surface area contributed by atoms with Crippen molar-refractivity contribution in [3.63, 3.8) is 0 Å². The molecule has 6 nitrogen and oxygen atoms in total. The number of anilines is 1. The van der Waals surface area contributed by atoms with Crippen LogP contribution in [0.3, 0.4) is 0 Å². The predicted octanol–water partition coefficient (Wildman–Crippen LogP) is 4.11. The fourth-order valence-corrected chi connectivity index (χ4v) is 3.98. The Balaban J connectivity index is 1.51. The molecule has 0 radical (unpaired) electrons. The second-order valence-corrected chi connectivity index (χ2v) is 7.48. The average molecular weight is 426 g/mol. The van der Waals surface area contributed by atoms with Gasteiger partial charge in [0.15, 0.2) is 0 Å². The third kappa shape index (κ3) is 3.96. The highest BCUT2D eigenvalue weighted by atomic mass is 35.5. The third-order valence-corrected chi connectivity index (χ3v) is 5.67. The molecule has 0 bridgehead atoms. The number of carbonyl (C=O) groups excluding carboxylic acids is 1. The van der Waals surface area contributed by atoms with Crippen molar-refractivity contribution in [3.05, 3.63) is 71.5 Å². The molecule has 4 rings (SSSR count). The van der Waals surface area contributed by atoms with Crippen molar-refractivity contribution in [2.24, 2.45) is 0 Å². The average Bonchev–Trinajstić information content (AvgIpc) is 3.33. The quantitative estimate of drug-likeness (QED) is 0.617. The number of nitrogens with zero attached hydrogens (tertiary/aromatic N) is 3. The lowest BCUT2D eigenvalue weighted by Gasteiger charge is -2.36. The molecule has 0 saturated carbocycles. The van der Waals surface area contributed by atoms with Crippen molar-refractivity contribution in [1.82, 2.24) is 9.47 Å². The van der Waals surface area contributed by atoms with Gasteiger partial charge in [-0.1, -0.05) is 17.7 Å². The molecule has 0 aliphatic carbocycles. The lowest BCUT2D eigenvalue weighted by molar-refractivity contribution is 0.0743. The van der Waals surface area contributed by atoms with E-state index in [1.807, 2.05) is 58.3 Å². The van der Waals surface area contributed by atoms with E-state index in [-0.39, 0.29) is 5.91 Å². The Morgan fingerprint density at radius 1 is 0.933 bits per heavy atom. The largest absolute Gasteiger partial charge is 0.497 e. The number of ether oxygens (including phenoxy) is 2. The van der Waals surface area contributed by atoms with Gasteiger partial charge in [-0.25, -0.2) is 0 Å². The lowest BCUT2D eigenvalue weighted by atomic mass is 10.1. The zero-order chi connectivity index (χ0) is 21.1. The van der Waals surface area contributed by atoms with E-state index >= 15 is 0 Å². The number of methoxy groups -OCH3 is 2. The van der Waals surface area contributed by atoms with Gasteiger partial charge in [0.1, 0.15) is 11.5 Å². The Morgan fingerprint density at radius 3 is 2.33 bits per heavy atom. The predicted molar refractivity (Wildman–Crippen MR) is 118 cm³/mol. The van der Waals surface area contributed by atoms with Crippen LogP contribution < -0.4 is 14.4 Å². The van der Waals surface area contributed by atoms with Gasteiger partial charge in [0.05, 0.1) is 30.5 Å². The summed E-state index contributed by atoms with van der Waals surface area (Å²) in [4.78, 5) is 17.3. The van der Waals surface area contributed by atoms with E-state index in [0.29, 0.717) is 29.4 Å². The monoisotopic (exact) mass is 425 g/mol. The highest BCUT2D eigenvalue weighted by Crippen LogP contribution is 2.31. The first kappa shape index (κ1) is 20.2. The molecule has 1 saturated heterocycles. The smallest absolute Gasteiger partial charge is 0.257 e. The van der Waals surface area contributed by atoms with Gasteiger partial charge in [0.25, 0.3) is 5.91 Å². The number of hydrogen-bond acceptors (Lipinski definition) is 4. The molecule has 1 fully saturated rings. The van der Waals surface area contributed by atoms with Crippen LogP contribution in [0.1, 0.15) is 10.4 Å². The van der Waals surface area contributed by atoms with Crippen LogP contribution in [-0.4, -0.2) is 55.8 Å². The van der Waals surface area contributed by atoms with Gasteiger partial charge in [0, 0.05) is 56.4 Å². The number of halogens is 1. The number of rotatable bonds is 5. The number of benzene rings is 2. The summed E-state index contributed by atoms with van der Waals surface area (Å²) in [5, 5.41) is 0.505. The van der Waals surface area contributed by atoms with Crippen molar-refractivity contribution in [1.29, 1.82) is 0 Å². The van der Waals surface area contributed by atoms with Crippen molar-refractivity contribution in [2.45, 2.75) is 0 Å². The number of piperazine rings is 1. The maximum Gasteiger partial charge on any atom is 0.257 e. The van der Waals surface area contributed by atoms with Gasteiger partial charge in [-0.2, -0.15) is 0 Å². The third-order valence-electron chi connectivity index (χ3n) is 5.37. The molecular weight excluding hydrogens is 402 g/mol. The van der Waals surface area contributed by atoms with Crippen LogP contribution in [-0.2, 0) is 0 Å². The van der Waals surface area contributed by atoms with Gasteiger partial charge >= 0.3 is 0 Å².